The molecule has 0 saturated carbocycles. The third-order valence-corrected chi connectivity index (χ3v) is 3.56. The molecule has 23 heavy (non-hydrogen) atoms. The van der Waals surface area contributed by atoms with Crippen LogP contribution in [0, 0.1) is 6.92 Å². The first-order valence-corrected chi connectivity index (χ1v) is 7.92. The van der Waals surface area contributed by atoms with Gasteiger partial charge >= 0.3 is 0 Å². The van der Waals surface area contributed by atoms with Gasteiger partial charge in [-0.15, -0.1) is 10.2 Å². The van der Waals surface area contributed by atoms with E-state index in [4.69, 9.17) is 13.9 Å². The largest absolute Gasteiger partial charge is 0.493 e. The van der Waals surface area contributed by atoms with E-state index in [1.807, 2.05) is 25.1 Å². The SMILES string of the molecule is CCCOc1ccc(C(C)NC(C)c2nnc(C)o2)cc1OC. The number of hydrogen-bond acceptors (Lipinski definition) is 6. The molecule has 2 aromatic rings. The van der Waals surface area contributed by atoms with Gasteiger partial charge in [-0.3, -0.25) is 5.32 Å². The Morgan fingerprint density at radius 2 is 1.96 bits per heavy atom. The topological polar surface area (TPSA) is 69.4 Å². The number of aryl methyl sites for hydroxylation is 1. The number of rotatable bonds is 8. The standard InChI is InChI=1S/C17H25N3O3/c1-6-9-22-15-8-7-14(10-16(15)21-5)11(2)18-12(3)17-20-19-13(4)23-17/h7-8,10-12,18H,6,9H2,1-5H3. The second kappa shape index (κ2) is 7.97. The summed E-state index contributed by atoms with van der Waals surface area (Å²) in [6.45, 7) is 8.62. The Kier molecular flexibility index (Phi) is 5.98. The molecule has 1 aromatic heterocycles. The minimum absolute atomic E-state index is 0.0341. The highest BCUT2D eigenvalue weighted by Gasteiger charge is 2.17. The van der Waals surface area contributed by atoms with Crippen LogP contribution in [0.4, 0.5) is 0 Å². The monoisotopic (exact) mass is 319 g/mol. The van der Waals surface area contributed by atoms with Gasteiger partial charge in [-0.2, -0.15) is 0 Å². The molecule has 6 heteroatoms. The molecule has 1 N–H and O–H groups in total. The van der Waals surface area contributed by atoms with E-state index in [2.05, 4.69) is 29.4 Å². The highest BCUT2D eigenvalue weighted by molar-refractivity contribution is 5.43. The van der Waals surface area contributed by atoms with E-state index in [0.29, 0.717) is 18.4 Å². The zero-order chi connectivity index (χ0) is 16.8. The van der Waals surface area contributed by atoms with E-state index in [-0.39, 0.29) is 12.1 Å². The van der Waals surface area contributed by atoms with Crippen LogP contribution in [0.25, 0.3) is 0 Å². The summed E-state index contributed by atoms with van der Waals surface area (Å²) in [6.07, 6.45) is 0.962. The van der Waals surface area contributed by atoms with Gasteiger partial charge in [-0.1, -0.05) is 13.0 Å². The molecule has 6 nitrogen and oxygen atoms in total. The van der Waals surface area contributed by atoms with E-state index in [1.165, 1.54) is 0 Å². The second-order valence-corrected chi connectivity index (χ2v) is 5.53. The van der Waals surface area contributed by atoms with E-state index in [0.717, 1.165) is 23.5 Å². The quantitative estimate of drug-likeness (QED) is 0.802. The van der Waals surface area contributed by atoms with Crippen LogP contribution in [0.5, 0.6) is 11.5 Å². The van der Waals surface area contributed by atoms with E-state index in [1.54, 1.807) is 14.0 Å². The first-order valence-electron chi connectivity index (χ1n) is 7.92. The molecule has 0 spiro atoms. The lowest BCUT2D eigenvalue weighted by Crippen LogP contribution is -2.22. The van der Waals surface area contributed by atoms with Crippen molar-refractivity contribution in [2.24, 2.45) is 0 Å². The molecule has 0 radical (unpaired) electrons. The first-order chi connectivity index (χ1) is 11.0. The Morgan fingerprint density at radius 1 is 1.17 bits per heavy atom. The molecule has 2 rings (SSSR count). The summed E-state index contributed by atoms with van der Waals surface area (Å²) in [5, 5.41) is 11.4. The molecule has 2 atom stereocenters. The molecule has 0 amide bonds. The third kappa shape index (κ3) is 4.45. The smallest absolute Gasteiger partial charge is 0.233 e. The Bertz CT molecular complexity index is 627. The van der Waals surface area contributed by atoms with Gasteiger partial charge in [0.1, 0.15) is 0 Å². The molecule has 0 saturated heterocycles. The number of ether oxygens (including phenoxy) is 2. The Hall–Kier alpha value is -2.08. The Labute approximate surface area is 137 Å². The van der Waals surface area contributed by atoms with Crippen molar-refractivity contribution < 1.29 is 13.9 Å². The molecule has 0 bridgehead atoms. The van der Waals surface area contributed by atoms with Crippen molar-refractivity contribution in [1.82, 2.24) is 15.5 Å². The molecule has 2 unspecified atom stereocenters. The molecular weight excluding hydrogens is 294 g/mol. The van der Waals surface area contributed by atoms with Gasteiger partial charge in [-0.05, 0) is 38.0 Å². The lowest BCUT2D eigenvalue weighted by molar-refractivity contribution is 0.293. The van der Waals surface area contributed by atoms with Crippen molar-refractivity contribution in [1.29, 1.82) is 0 Å². The van der Waals surface area contributed by atoms with E-state index in [9.17, 15) is 0 Å². The first kappa shape index (κ1) is 17.3. The number of nitrogens with zero attached hydrogens (tertiary/aromatic N) is 2. The van der Waals surface area contributed by atoms with E-state index < -0.39 is 0 Å². The zero-order valence-corrected chi connectivity index (χ0v) is 14.4. The maximum absolute atomic E-state index is 5.69. The molecule has 0 aliphatic carbocycles. The van der Waals surface area contributed by atoms with Crippen LogP contribution in [0.3, 0.4) is 0 Å². The van der Waals surface area contributed by atoms with Gasteiger partial charge in [0.05, 0.1) is 19.8 Å². The van der Waals surface area contributed by atoms with E-state index >= 15 is 0 Å². The van der Waals surface area contributed by atoms with Gasteiger partial charge in [0, 0.05) is 13.0 Å². The fourth-order valence-corrected chi connectivity index (χ4v) is 2.31. The molecule has 1 aromatic carbocycles. The van der Waals surface area contributed by atoms with Crippen molar-refractivity contribution >= 4 is 0 Å². The average molecular weight is 319 g/mol. The highest BCUT2D eigenvalue weighted by atomic mass is 16.5. The predicted molar refractivity (Wildman–Crippen MR) is 87.8 cm³/mol. The normalized spacial score (nSPS) is 13.6. The summed E-state index contributed by atoms with van der Waals surface area (Å²) < 4.78 is 16.6. The van der Waals surface area contributed by atoms with Crippen molar-refractivity contribution in [3.05, 3.63) is 35.5 Å². The maximum atomic E-state index is 5.69. The van der Waals surface area contributed by atoms with Crippen molar-refractivity contribution in [2.75, 3.05) is 13.7 Å². The fraction of sp³-hybridized carbons (Fsp3) is 0.529. The average Bonchev–Trinajstić information content (AvgIpc) is 2.99. The Balaban J connectivity index is 2.07. The molecule has 0 fully saturated rings. The van der Waals surface area contributed by atoms with Gasteiger partial charge in [0.15, 0.2) is 11.5 Å². The van der Waals surface area contributed by atoms with Crippen molar-refractivity contribution in [3.8, 4) is 11.5 Å². The second-order valence-electron chi connectivity index (χ2n) is 5.53. The van der Waals surface area contributed by atoms with Crippen LogP contribution < -0.4 is 14.8 Å². The molecule has 0 aliphatic heterocycles. The van der Waals surface area contributed by atoms with Crippen molar-refractivity contribution in [3.63, 3.8) is 0 Å². The Morgan fingerprint density at radius 3 is 2.57 bits per heavy atom. The van der Waals surface area contributed by atoms with Gasteiger partial charge in [-0.25, -0.2) is 0 Å². The van der Waals surface area contributed by atoms with Gasteiger partial charge in [0.2, 0.25) is 11.8 Å². The highest BCUT2D eigenvalue weighted by Crippen LogP contribution is 2.31. The third-order valence-electron chi connectivity index (χ3n) is 3.56. The summed E-state index contributed by atoms with van der Waals surface area (Å²) in [5.74, 6) is 2.67. The van der Waals surface area contributed by atoms with Gasteiger partial charge < -0.3 is 13.9 Å². The summed E-state index contributed by atoms with van der Waals surface area (Å²) in [4.78, 5) is 0. The number of methoxy groups -OCH3 is 1. The van der Waals surface area contributed by atoms with Crippen LogP contribution in [0.2, 0.25) is 0 Å². The zero-order valence-electron chi connectivity index (χ0n) is 14.4. The molecular formula is C17H25N3O3. The van der Waals surface area contributed by atoms with Crippen LogP contribution >= 0.6 is 0 Å². The van der Waals surface area contributed by atoms with Crippen molar-refractivity contribution in [2.45, 2.75) is 46.2 Å². The van der Waals surface area contributed by atoms with Crippen LogP contribution in [-0.4, -0.2) is 23.9 Å². The summed E-state index contributed by atoms with van der Waals surface area (Å²) in [7, 11) is 1.65. The number of nitrogens with one attached hydrogen (secondary N) is 1. The van der Waals surface area contributed by atoms with Crippen LogP contribution in [0.1, 0.15) is 56.6 Å². The number of hydrogen-bond donors (Lipinski definition) is 1. The molecule has 126 valence electrons. The lowest BCUT2D eigenvalue weighted by Gasteiger charge is -2.19. The van der Waals surface area contributed by atoms with Crippen LogP contribution in [0.15, 0.2) is 22.6 Å². The number of aromatic nitrogens is 2. The molecule has 1 heterocycles. The van der Waals surface area contributed by atoms with Crippen LogP contribution in [-0.2, 0) is 0 Å². The number of benzene rings is 1. The van der Waals surface area contributed by atoms with Gasteiger partial charge in [0.25, 0.3) is 0 Å². The lowest BCUT2D eigenvalue weighted by atomic mass is 10.1. The minimum atomic E-state index is -0.0341. The fourth-order valence-electron chi connectivity index (χ4n) is 2.31. The summed E-state index contributed by atoms with van der Waals surface area (Å²) in [6, 6.07) is 6.05. The maximum Gasteiger partial charge on any atom is 0.233 e. The summed E-state index contributed by atoms with van der Waals surface area (Å²) >= 11 is 0. The predicted octanol–water partition coefficient (Wildman–Crippen LogP) is 3.59. The molecule has 0 aliphatic rings. The summed E-state index contributed by atoms with van der Waals surface area (Å²) in [5.41, 5.74) is 1.11. The minimum Gasteiger partial charge on any atom is -0.493 e.